The number of fused-ring (bicyclic) bond motifs is 1. The van der Waals surface area contributed by atoms with Crippen LogP contribution in [0.4, 0.5) is 5.69 Å². The molecule has 0 saturated heterocycles. The van der Waals surface area contributed by atoms with Crippen molar-refractivity contribution in [1.29, 1.82) is 0 Å². The molecule has 0 atom stereocenters. The van der Waals surface area contributed by atoms with E-state index in [2.05, 4.69) is 10.0 Å². The Morgan fingerprint density at radius 3 is 2.75 bits per heavy atom. The van der Waals surface area contributed by atoms with Crippen LogP contribution in [0.25, 0.3) is 21.3 Å². The Morgan fingerprint density at radius 1 is 1.00 bits per heavy atom. The van der Waals surface area contributed by atoms with Crippen molar-refractivity contribution in [2.75, 3.05) is 0 Å². The van der Waals surface area contributed by atoms with E-state index in [1.54, 1.807) is 22.9 Å². The molecule has 0 aliphatic heterocycles. The van der Waals surface area contributed by atoms with Gasteiger partial charge >= 0.3 is 0 Å². The number of benzene rings is 2. The largest absolute Gasteiger partial charge is 0.265 e. The fourth-order valence-corrected chi connectivity index (χ4v) is 1.98. The number of pyridine rings is 1. The van der Waals surface area contributed by atoms with Crippen LogP contribution in [-0.2, 0) is 0 Å². The van der Waals surface area contributed by atoms with Gasteiger partial charge in [0.1, 0.15) is 0 Å². The lowest BCUT2D eigenvalue weighted by Gasteiger charge is -2.01. The number of hydrogen-bond acceptors (Lipinski definition) is 2. The molecule has 3 rings (SSSR count). The van der Waals surface area contributed by atoms with Crippen LogP contribution in [0.5, 0.6) is 5.75 Å². The van der Waals surface area contributed by atoms with Crippen LogP contribution in [-0.4, -0.2) is 0 Å². The number of rotatable bonds is 3. The maximum absolute atomic E-state index is 8.45. The fourth-order valence-electron chi connectivity index (χ4n) is 1.98. The smallest absolute Gasteiger partial charge is 0.231 e. The minimum atomic E-state index is 0.519. The molecule has 0 N–H and O–H groups in total. The lowest BCUT2D eigenvalue weighted by atomic mass is 10.2. The summed E-state index contributed by atoms with van der Waals surface area (Å²) in [7, 11) is 0. The average molecular weight is 263 g/mol. The topological polar surface area (TPSA) is 61.9 Å². The summed E-state index contributed by atoms with van der Waals surface area (Å²) in [6.07, 6.45) is 1.84. The molecule has 0 saturated carbocycles. The Labute approximate surface area is 115 Å². The van der Waals surface area contributed by atoms with E-state index in [9.17, 15) is 0 Å². The molecule has 0 aliphatic carbocycles. The zero-order valence-corrected chi connectivity index (χ0v) is 10.5. The molecular weight excluding hydrogens is 252 g/mol. The third kappa shape index (κ3) is 2.39. The van der Waals surface area contributed by atoms with Crippen LogP contribution in [0.3, 0.4) is 0 Å². The van der Waals surface area contributed by atoms with Crippen LogP contribution in [0.1, 0.15) is 0 Å². The van der Waals surface area contributed by atoms with E-state index in [0.717, 1.165) is 10.9 Å². The van der Waals surface area contributed by atoms with Crippen molar-refractivity contribution < 1.29 is 9.57 Å². The van der Waals surface area contributed by atoms with Crippen LogP contribution in [0.2, 0.25) is 0 Å². The summed E-state index contributed by atoms with van der Waals surface area (Å²) in [5.74, 6) is 0.608. The molecule has 3 aromatic rings. The van der Waals surface area contributed by atoms with E-state index in [4.69, 9.17) is 10.4 Å². The Kier molecular flexibility index (Phi) is 3.18. The second-order valence-corrected chi connectivity index (χ2v) is 4.17. The zero-order valence-electron chi connectivity index (χ0n) is 10.5. The Balaban J connectivity index is 2.01. The van der Waals surface area contributed by atoms with Gasteiger partial charge in [-0.3, -0.25) is 0 Å². The zero-order chi connectivity index (χ0) is 13.8. The highest BCUT2D eigenvalue weighted by Crippen LogP contribution is 2.19. The Hall–Kier alpha value is -3.04. The van der Waals surface area contributed by atoms with Crippen LogP contribution >= 0.6 is 0 Å². The molecule has 2 aromatic carbocycles. The molecule has 1 aromatic heterocycles. The highest BCUT2D eigenvalue weighted by atomic mass is 16.7. The van der Waals surface area contributed by atoms with E-state index < -0.39 is 0 Å². The predicted octanol–water partition coefficient (Wildman–Crippen LogP) is 3.91. The van der Waals surface area contributed by atoms with Gasteiger partial charge in [-0.15, -0.1) is 0 Å². The SMILES string of the molecule is [N-]=[N+]=Nc1cccc(O[n+]2cccc3ccccc32)c1. The molecule has 0 bridgehead atoms. The quantitative estimate of drug-likeness (QED) is 0.306. The summed E-state index contributed by atoms with van der Waals surface area (Å²) >= 11 is 0. The lowest BCUT2D eigenvalue weighted by molar-refractivity contribution is -0.854. The van der Waals surface area contributed by atoms with Gasteiger partial charge in [0.25, 0.3) is 5.52 Å². The third-order valence-corrected chi connectivity index (χ3v) is 2.85. The molecule has 5 nitrogen and oxygen atoms in total. The van der Waals surface area contributed by atoms with Crippen molar-refractivity contribution in [3.63, 3.8) is 0 Å². The van der Waals surface area contributed by atoms with Crippen molar-refractivity contribution in [2.24, 2.45) is 5.11 Å². The second-order valence-electron chi connectivity index (χ2n) is 4.17. The van der Waals surface area contributed by atoms with Crippen molar-refractivity contribution in [3.8, 4) is 5.75 Å². The molecule has 1 heterocycles. The molecule has 96 valence electrons. The van der Waals surface area contributed by atoms with E-state index in [0.29, 0.717) is 11.4 Å². The standard InChI is InChI=1S/C15H11N4O/c16-18-17-13-7-3-8-14(11-13)20-19-10-4-6-12-5-1-2-9-15(12)19/h1-11H/q+1. The first-order valence-electron chi connectivity index (χ1n) is 6.10. The number of para-hydroxylation sites is 1. The van der Waals surface area contributed by atoms with E-state index in [1.807, 2.05) is 48.7 Å². The summed E-state index contributed by atoms with van der Waals surface area (Å²) in [5, 5.41) is 4.65. The van der Waals surface area contributed by atoms with Gasteiger partial charge in [0.15, 0.2) is 0 Å². The van der Waals surface area contributed by atoms with Crippen molar-refractivity contribution in [2.45, 2.75) is 0 Å². The number of hydrogen-bond donors (Lipinski definition) is 0. The first kappa shape index (κ1) is 12.0. The van der Waals surface area contributed by atoms with E-state index >= 15 is 0 Å². The minimum absolute atomic E-state index is 0.519. The Morgan fingerprint density at radius 2 is 1.85 bits per heavy atom. The van der Waals surface area contributed by atoms with Crippen molar-refractivity contribution >= 4 is 16.6 Å². The van der Waals surface area contributed by atoms with Gasteiger partial charge in [-0.2, -0.15) is 0 Å². The minimum Gasteiger partial charge on any atom is -0.231 e. The normalized spacial score (nSPS) is 10.0. The molecular formula is C15H11N4O+. The summed E-state index contributed by atoms with van der Waals surface area (Å²) in [4.78, 5) is 8.58. The van der Waals surface area contributed by atoms with Gasteiger partial charge in [0.2, 0.25) is 11.9 Å². The third-order valence-electron chi connectivity index (χ3n) is 2.85. The summed E-state index contributed by atoms with van der Waals surface area (Å²) in [5.41, 5.74) is 9.94. The molecule has 5 heteroatoms. The van der Waals surface area contributed by atoms with Crippen LogP contribution < -0.4 is 9.57 Å². The first-order chi connectivity index (χ1) is 9.86. The van der Waals surface area contributed by atoms with Crippen LogP contribution in [0, 0.1) is 0 Å². The molecule has 20 heavy (non-hydrogen) atoms. The van der Waals surface area contributed by atoms with Crippen molar-refractivity contribution in [1.82, 2.24) is 0 Å². The van der Waals surface area contributed by atoms with E-state index in [1.165, 1.54) is 0 Å². The maximum Gasteiger partial charge on any atom is 0.265 e. The highest BCUT2D eigenvalue weighted by Gasteiger charge is 2.10. The average Bonchev–Trinajstić information content (AvgIpc) is 2.48. The van der Waals surface area contributed by atoms with E-state index in [-0.39, 0.29) is 0 Å². The van der Waals surface area contributed by atoms with Gasteiger partial charge in [-0.25, -0.2) is 4.84 Å². The first-order valence-corrected chi connectivity index (χ1v) is 6.10. The number of azide groups is 1. The molecule has 0 radical (unpaired) electrons. The van der Waals surface area contributed by atoms with Crippen LogP contribution in [0.15, 0.2) is 72.0 Å². The van der Waals surface area contributed by atoms with Gasteiger partial charge in [-0.1, -0.05) is 29.4 Å². The predicted molar refractivity (Wildman–Crippen MR) is 75.4 cm³/mol. The molecule has 0 amide bonds. The lowest BCUT2D eigenvalue weighted by Crippen LogP contribution is -2.39. The van der Waals surface area contributed by atoms with Crippen molar-refractivity contribution in [3.05, 3.63) is 77.3 Å². The molecule has 0 unspecified atom stereocenters. The summed E-state index contributed by atoms with van der Waals surface area (Å²) in [6, 6.07) is 18.9. The Bertz CT molecular complexity index is 804. The maximum atomic E-state index is 8.45. The number of aromatic nitrogens is 1. The van der Waals surface area contributed by atoms with Gasteiger partial charge in [0, 0.05) is 27.5 Å². The van der Waals surface area contributed by atoms with Gasteiger partial charge in [0.05, 0.1) is 5.39 Å². The highest BCUT2D eigenvalue weighted by molar-refractivity contribution is 5.74. The van der Waals surface area contributed by atoms with Gasteiger partial charge in [-0.05, 0) is 29.8 Å². The molecule has 0 spiro atoms. The monoisotopic (exact) mass is 263 g/mol. The summed E-state index contributed by atoms with van der Waals surface area (Å²) < 4.78 is 1.69. The summed E-state index contributed by atoms with van der Waals surface area (Å²) in [6.45, 7) is 0. The van der Waals surface area contributed by atoms with Gasteiger partial charge < -0.3 is 0 Å². The number of nitrogens with zero attached hydrogens (tertiary/aromatic N) is 4. The molecule has 0 aliphatic rings. The molecule has 0 fully saturated rings. The second kappa shape index (κ2) is 5.30. The fraction of sp³-hybridized carbons (Fsp3) is 0.